The highest BCUT2D eigenvalue weighted by atomic mass is 16.4. The van der Waals surface area contributed by atoms with Gasteiger partial charge in [-0.3, -0.25) is 0 Å². The van der Waals surface area contributed by atoms with E-state index in [4.69, 9.17) is 0 Å². The highest BCUT2D eigenvalue weighted by Gasteiger charge is 2.26. The van der Waals surface area contributed by atoms with E-state index in [1.807, 2.05) is 10.6 Å². The van der Waals surface area contributed by atoms with Crippen molar-refractivity contribution in [3.63, 3.8) is 0 Å². The Bertz CT molecular complexity index is 582. The maximum atomic E-state index is 11.3. The number of rotatable bonds is 4. The van der Waals surface area contributed by atoms with E-state index in [1.54, 1.807) is 18.5 Å². The summed E-state index contributed by atoms with van der Waals surface area (Å²) >= 11 is 0. The average Bonchev–Trinajstić information content (AvgIpc) is 2.81. The molecule has 0 saturated carbocycles. The highest BCUT2D eigenvalue weighted by Crippen LogP contribution is 2.30. The quantitative estimate of drug-likeness (QED) is 0.900. The molecule has 0 atom stereocenters. The first-order chi connectivity index (χ1) is 8.53. The third-order valence-electron chi connectivity index (χ3n) is 3.90. The molecule has 0 radical (unpaired) electrons. The number of benzene rings is 1. The number of carboxylic acids is 1. The number of hydrogen-bond donors (Lipinski definition) is 1. The Morgan fingerprint density at radius 2 is 2.06 bits per heavy atom. The van der Waals surface area contributed by atoms with E-state index in [0.717, 1.165) is 23.9 Å². The molecular weight excluding hydrogens is 228 g/mol. The topological polar surface area (TPSA) is 55.1 Å². The molecule has 0 amide bonds. The Balaban J connectivity index is 2.77. The number of imidazole rings is 1. The number of carbonyl (C=O) groups is 1. The Kier molecular flexibility index (Phi) is 3.11. The third-order valence-corrected chi connectivity index (χ3v) is 3.90. The minimum absolute atomic E-state index is 0.0969. The lowest BCUT2D eigenvalue weighted by Gasteiger charge is -2.29. The van der Waals surface area contributed by atoms with Gasteiger partial charge in [0.05, 0.1) is 22.9 Å². The summed E-state index contributed by atoms with van der Waals surface area (Å²) in [4.78, 5) is 15.7. The Hall–Kier alpha value is -1.84. The van der Waals surface area contributed by atoms with E-state index in [0.29, 0.717) is 5.56 Å². The van der Waals surface area contributed by atoms with Crippen molar-refractivity contribution in [1.82, 2.24) is 9.55 Å². The molecule has 1 N–H and O–H groups in total. The van der Waals surface area contributed by atoms with E-state index in [2.05, 4.69) is 25.8 Å². The van der Waals surface area contributed by atoms with E-state index >= 15 is 0 Å². The molecule has 4 heteroatoms. The molecule has 0 saturated heterocycles. The first-order valence-corrected chi connectivity index (χ1v) is 6.23. The van der Waals surface area contributed by atoms with Gasteiger partial charge < -0.3 is 9.67 Å². The lowest BCUT2D eigenvalue weighted by molar-refractivity contribution is 0.0698. The molecule has 0 bridgehead atoms. The van der Waals surface area contributed by atoms with Gasteiger partial charge in [0.1, 0.15) is 0 Å². The second-order valence-electron chi connectivity index (χ2n) is 4.80. The van der Waals surface area contributed by atoms with Crippen molar-refractivity contribution < 1.29 is 9.90 Å². The van der Waals surface area contributed by atoms with Crippen LogP contribution in [0.25, 0.3) is 11.0 Å². The first kappa shape index (κ1) is 12.6. The fraction of sp³-hybridized carbons (Fsp3) is 0.429. The minimum Gasteiger partial charge on any atom is -0.478 e. The van der Waals surface area contributed by atoms with E-state index in [1.165, 1.54) is 0 Å². The lowest BCUT2D eigenvalue weighted by atomic mass is 9.94. The van der Waals surface area contributed by atoms with Gasteiger partial charge in [-0.05, 0) is 31.9 Å². The molecule has 0 unspecified atom stereocenters. The standard InChI is InChI=1S/C14H18N2O2/c1-4-14(3,5-2)16-9-15-11-8-6-7-10(12(11)16)13(17)18/h6-9H,4-5H2,1-3H3,(H,17,18). The van der Waals surface area contributed by atoms with Gasteiger partial charge in [-0.1, -0.05) is 19.9 Å². The fourth-order valence-electron chi connectivity index (χ4n) is 2.24. The number of para-hydroxylation sites is 1. The smallest absolute Gasteiger partial charge is 0.337 e. The van der Waals surface area contributed by atoms with Gasteiger partial charge in [-0.2, -0.15) is 0 Å². The van der Waals surface area contributed by atoms with Gasteiger partial charge in [-0.25, -0.2) is 9.78 Å². The Labute approximate surface area is 106 Å². The first-order valence-electron chi connectivity index (χ1n) is 6.23. The van der Waals surface area contributed by atoms with Gasteiger partial charge >= 0.3 is 5.97 Å². The average molecular weight is 246 g/mol. The fourth-order valence-corrected chi connectivity index (χ4v) is 2.24. The predicted molar refractivity (Wildman–Crippen MR) is 70.9 cm³/mol. The zero-order chi connectivity index (χ0) is 13.3. The van der Waals surface area contributed by atoms with Crippen molar-refractivity contribution in [2.75, 3.05) is 0 Å². The van der Waals surface area contributed by atoms with Crippen LogP contribution in [0.4, 0.5) is 0 Å². The van der Waals surface area contributed by atoms with Gasteiger partial charge in [0.2, 0.25) is 0 Å². The molecule has 0 aliphatic carbocycles. The number of nitrogens with zero attached hydrogens (tertiary/aromatic N) is 2. The van der Waals surface area contributed by atoms with Crippen molar-refractivity contribution in [3.8, 4) is 0 Å². The number of fused-ring (bicyclic) bond motifs is 1. The summed E-state index contributed by atoms with van der Waals surface area (Å²) in [5.41, 5.74) is 1.68. The molecule has 1 aromatic heterocycles. The second kappa shape index (κ2) is 4.44. The minimum atomic E-state index is -0.906. The Morgan fingerprint density at radius 1 is 1.39 bits per heavy atom. The van der Waals surface area contributed by atoms with Crippen molar-refractivity contribution in [2.45, 2.75) is 39.2 Å². The van der Waals surface area contributed by atoms with Crippen molar-refractivity contribution in [1.29, 1.82) is 0 Å². The third kappa shape index (κ3) is 1.78. The van der Waals surface area contributed by atoms with E-state index in [9.17, 15) is 9.90 Å². The van der Waals surface area contributed by atoms with Crippen molar-refractivity contribution in [2.24, 2.45) is 0 Å². The van der Waals surface area contributed by atoms with Crippen LogP contribution in [0, 0.1) is 0 Å². The van der Waals surface area contributed by atoms with Crippen LogP contribution in [0.15, 0.2) is 24.5 Å². The highest BCUT2D eigenvalue weighted by molar-refractivity contribution is 6.01. The normalized spacial score (nSPS) is 11.9. The molecule has 0 fully saturated rings. The maximum Gasteiger partial charge on any atom is 0.337 e. The maximum absolute atomic E-state index is 11.3. The Morgan fingerprint density at radius 3 is 2.61 bits per heavy atom. The summed E-state index contributed by atoms with van der Waals surface area (Å²) in [7, 11) is 0. The van der Waals surface area contributed by atoms with Crippen LogP contribution >= 0.6 is 0 Å². The number of carboxylic acid groups (broad SMARTS) is 1. The molecule has 0 aliphatic rings. The van der Waals surface area contributed by atoms with Crippen LogP contribution < -0.4 is 0 Å². The van der Waals surface area contributed by atoms with Gasteiger partial charge in [0, 0.05) is 5.54 Å². The number of aromatic carboxylic acids is 1. The second-order valence-corrected chi connectivity index (χ2v) is 4.80. The summed E-state index contributed by atoms with van der Waals surface area (Å²) in [5, 5.41) is 9.30. The lowest BCUT2D eigenvalue weighted by Crippen LogP contribution is -2.28. The zero-order valence-electron chi connectivity index (χ0n) is 11.0. The molecule has 2 rings (SSSR count). The molecule has 1 heterocycles. The summed E-state index contributed by atoms with van der Waals surface area (Å²) in [6, 6.07) is 5.22. The van der Waals surface area contributed by atoms with Gasteiger partial charge in [-0.15, -0.1) is 0 Å². The monoisotopic (exact) mass is 246 g/mol. The van der Waals surface area contributed by atoms with Crippen LogP contribution in [-0.2, 0) is 5.54 Å². The van der Waals surface area contributed by atoms with E-state index in [-0.39, 0.29) is 5.54 Å². The summed E-state index contributed by atoms with van der Waals surface area (Å²) in [6.07, 6.45) is 3.62. The number of aromatic nitrogens is 2. The molecule has 1 aromatic carbocycles. The van der Waals surface area contributed by atoms with Crippen LogP contribution in [-0.4, -0.2) is 20.6 Å². The summed E-state index contributed by atoms with van der Waals surface area (Å²) < 4.78 is 2.01. The molecule has 0 spiro atoms. The molecule has 4 nitrogen and oxygen atoms in total. The largest absolute Gasteiger partial charge is 0.478 e. The van der Waals surface area contributed by atoms with Crippen LogP contribution in [0.2, 0.25) is 0 Å². The number of hydrogen-bond acceptors (Lipinski definition) is 2. The van der Waals surface area contributed by atoms with Crippen molar-refractivity contribution >= 4 is 17.0 Å². The summed E-state index contributed by atoms with van der Waals surface area (Å²) in [5.74, 6) is -0.906. The van der Waals surface area contributed by atoms with Crippen LogP contribution in [0.3, 0.4) is 0 Å². The predicted octanol–water partition coefficient (Wildman–Crippen LogP) is 3.27. The zero-order valence-corrected chi connectivity index (χ0v) is 11.0. The molecule has 18 heavy (non-hydrogen) atoms. The van der Waals surface area contributed by atoms with Gasteiger partial charge in [0.25, 0.3) is 0 Å². The van der Waals surface area contributed by atoms with Gasteiger partial charge in [0.15, 0.2) is 0 Å². The molecule has 0 aliphatic heterocycles. The SMILES string of the molecule is CCC(C)(CC)n1cnc2cccc(C(=O)O)c21. The van der Waals surface area contributed by atoms with Crippen LogP contribution in [0.5, 0.6) is 0 Å². The summed E-state index contributed by atoms with van der Waals surface area (Å²) in [6.45, 7) is 6.35. The molecule has 96 valence electrons. The molecule has 2 aromatic rings. The molecular formula is C14H18N2O2. The van der Waals surface area contributed by atoms with E-state index < -0.39 is 5.97 Å². The van der Waals surface area contributed by atoms with Crippen LogP contribution in [0.1, 0.15) is 44.0 Å². The van der Waals surface area contributed by atoms with Crippen molar-refractivity contribution in [3.05, 3.63) is 30.1 Å².